The summed E-state index contributed by atoms with van der Waals surface area (Å²) in [6.07, 6.45) is 6.39. The lowest BCUT2D eigenvalue weighted by atomic mass is 10.2. The second-order valence-electron chi connectivity index (χ2n) is 3.67. The molecular weight excluding hydrogens is 192 g/mol. The first-order valence-corrected chi connectivity index (χ1v) is 5.05. The van der Waals surface area contributed by atoms with Crippen molar-refractivity contribution in [3.63, 3.8) is 0 Å². The van der Waals surface area contributed by atoms with E-state index in [4.69, 9.17) is 0 Å². The second-order valence-corrected chi connectivity index (χ2v) is 3.67. The van der Waals surface area contributed by atoms with Crippen molar-refractivity contribution >= 4 is 11.5 Å². The van der Waals surface area contributed by atoms with Crippen molar-refractivity contribution in [3.8, 4) is 0 Å². The number of hydrogen-bond donors (Lipinski definition) is 2. The number of aromatic nitrogens is 4. The Morgan fingerprint density at radius 1 is 1.53 bits per heavy atom. The Morgan fingerprint density at radius 2 is 2.53 bits per heavy atom. The number of anilines is 1. The van der Waals surface area contributed by atoms with E-state index in [-0.39, 0.29) is 0 Å². The van der Waals surface area contributed by atoms with Gasteiger partial charge in [0.05, 0.1) is 0 Å². The molecular formula is C9H12N6. The highest BCUT2D eigenvalue weighted by molar-refractivity contribution is 5.61. The molecule has 2 N–H and O–H groups in total. The standard InChI is InChI=1S/C9H12N6/c1-2-10-5-7(1)13-8-9-14-12-6-15(9)4-3-11-8/h3-4,6-7,10H,1-2,5H2,(H,11,13). The quantitative estimate of drug-likeness (QED) is 0.715. The van der Waals surface area contributed by atoms with Crippen LogP contribution in [0.25, 0.3) is 5.65 Å². The van der Waals surface area contributed by atoms with Crippen LogP contribution in [0.2, 0.25) is 0 Å². The van der Waals surface area contributed by atoms with Crippen molar-refractivity contribution in [1.29, 1.82) is 0 Å². The van der Waals surface area contributed by atoms with Gasteiger partial charge in [-0.05, 0) is 13.0 Å². The maximum absolute atomic E-state index is 4.28. The Bertz CT molecular complexity index is 458. The van der Waals surface area contributed by atoms with E-state index >= 15 is 0 Å². The lowest BCUT2D eigenvalue weighted by molar-refractivity contribution is 0.787. The van der Waals surface area contributed by atoms with E-state index in [1.807, 2.05) is 10.6 Å². The zero-order valence-electron chi connectivity index (χ0n) is 8.22. The molecule has 1 aliphatic heterocycles. The van der Waals surface area contributed by atoms with E-state index in [9.17, 15) is 0 Å². The highest BCUT2D eigenvalue weighted by Crippen LogP contribution is 2.13. The fraction of sp³-hybridized carbons (Fsp3) is 0.444. The lowest BCUT2D eigenvalue weighted by Gasteiger charge is -2.11. The van der Waals surface area contributed by atoms with Gasteiger partial charge in [-0.3, -0.25) is 4.40 Å². The highest BCUT2D eigenvalue weighted by Gasteiger charge is 2.16. The fourth-order valence-corrected chi connectivity index (χ4v) is 1.83. The van der Waals surface area contributed by atoms with Gasteiger partial charge in [0.2, 0.25) is 5.65 Å². The van der Waals surface area contributed by atoms with E-state index in [1.165, 1.54) is 0 Å². The summed E-state index contributed by atoms with van der Waals surface area (Å²) >= 11 is 0. The van der Waals surface area contributed by atoms with Crippen LogP contribution in [0.4, 0.5) is 5.82 Å². The summed E-state index contributed by atoms with van der Waals surface area (Å²) in [5, 5.41) is 14.6. The molecule has 0 amide bonds. The third-order valence-electron chi connectivity index (χ3n) is 2.62. The average molecular weight is 204 g/mol. The highest BCUT2D eigenvalue weighted by atomic mass is 15.2. The van der Waals surface area contributed by atoms with Crippen LogP contribution in [0, 0.1) is 0 Å². The van der Waals surface area contributed by atoms with Crippen LogP contribution in [0.3, 0.4) is 0 Å². The normalized spacial score (nSPS) is 20.9. The third kappa shape index (κ3) is 1.52. The van der Waals surface area contributed by atoms with Crippen LogP contribution in [0.5, 0.6) is 0 Å². The summed E-state index contributed by atoms with van der Waals surface area (Å²) in [4.78, 5) is 4.28. The summed E-state index contributed by atoms with van der Waals surface area (Å²) in [6, 6.07) is 0.445. The molecule has 15 heavy (non-hydrogen) atoms. The Labute approximate surface area is 86.7 Å². The van der Waals surface area contributed by atoms with Crippen molar-refractivity contribution in [2.75, 3.05) is 18.4 Å². The van der Waals surface area contributed by atoms with Gasteiger partial charge in [0.25, 0.3) is 0 Å². The Hall–Kier alpha value is -1.69. The predicted octanol–water partition coefficient (Wildman–Crippen LogP) is -0.102. The van der Waals surface area contributed by atoms with E-state index < -0.39 is 0 Å². The van der Waals surface area contributed by atoms with Crippen LogP contribution in [-0.4, -0.2) is 38.7 Å². The minimum Gasteiger partial charge on any atom is -0.363 e. The molecule has 2 aromatic heterocycles. The van der Waals surface area contributed by atoms with Gasteiger partial charge in [0.1, 0.15) is 6.33 Å². The van der Waals surface area contributed by atoms with Crippen LogP contribution in [0.15, 0.2) is 18.7 Å². The Morgan fingerprint density at radius 3 is 3.40 bits per heavy atom. The maximum atomic E-state index is 4.28. The first-order chi connectivity index (χ1) is 7.43. The molecule has 2 aromatic rings. The van der Waals surface area contributed by atoms with Gasteiger partial charge >= 0.3 is 0 Å². The second kappa shape index (κ2) is 3.47. The van der Waals surface area contributed by atoms with Gasteiger partial charge in [0.15, 0.2) is 5.82 Å². The van der Waals surface area contributed by atoms with Crippen LogP contribution >= 0.6 is 0 Å². The number of nitrogens with one attached hydrogen (secondary N) is 2. The number of hydrogen-bond acceptors (Lipinski definition) is 5. The van der Waals surface area contributed by atoms with Gasteiger partial charge in [-0.1, -0.05) is 0 Å². The molecule has 1 saturated heterocycles. The molecule has 0 radical (unpaired) electrons. The molecule has 3 heterocycles. The minimum absolute atomic E-state index is 0.445. The van der Waals surface area contributed by atoms with Crippen molar-refractivity contribution in [2.24, 2.45) is 0 Å². The van der Waals surface area contributed by atoms with Crippen LogP contribution < -0.4 is 10.6 Å². The van der Waals surface area contributed by atoms with Crippen molar-refractivity contribution in [1.82, 2.24) is 24.9 Å². The largest absolute Gasteiger partial charge is 0.363 e. The molecule has 1 atom stereocenters. The lowest BCUT2D eigenvalue weighted by Crippen LogP contribution is -2.23. The molecule has 0 saturated carbocycles. The van der Waals surface area contributed by atoms with Crippen LogP contribution in [-0.2, 0) is 0 Å². The molecule has 0 spiro atoms. The van der Waals surface area contributed by atoms with Gasteiger partial charge in [-0.25, -0.2) is 4.98 Å². The van der Waals surface area contributed by atoms with E-state index in [0.717, 1.165) is 31.0 Å². The third-order valence-corrected chi connectivity index (χ3v) is 2.62. The molecule has 6 heteroatoms. The minimum atomic E-state index is 0.445. The average Bonchev–Trinajstić information content (AvgIpc) is 2.87. The van der Waals surface area contributed by atoms with Gasteiger partial charge in [-0.15, -0.1) is 10.2 Å². The van der Waals surface area contributed by atoms with Gasteiger partial charge in [0, 0.05) is 25.0 Å². The molecule has 0 aliphatic carbocycles. The first-order valence-electron chi connectivity index (χ1n) is 5.05. The Balaban J connectivity index is 1.92. The van der Waals surface area contributed by atoms with Crippen molar-refractivity contribution < 1.29 is 0 Å². The molecule has 1 aliphatic rings. The zero-order chi connectivity index (χ0) is 10.1. The van der Waals surface area contributed by atoms with Gasteiger partial charge in [-0.2, -0.15) is 0 Å². The summed E-state index contributed by atoms with van der Waals surface area (Å²) in [5.74, 6) is 0.809. The zero-order valence-corrected chi connectivity index (χ0v) is 8.22. The molecule has 1 fully saturated rings. The van der Waals surface area contributed by atoms with E-state index in [2.05, 4.69) is 25.8 Å². The molecule has 0 bridgehead atoms. The van der Waals surface area contributed by atoms with Gasteiger partial charge < -0.3 is 10.6 Å². The Kier molecular flexibility index (Phi) is 1.99. The molecule has 3 rings (SSSR count). The summed E-state index contributed by atoms with van der Waals surface area (Å²) < 4.78 is 1.86. The molecule has 1 unspecified atom stereocenters. The van der Waals surface area contributed by atoms with Crippen LogP contribution in [0.1, 0.15) is 6.42 Å². The SMILES string of the molecule is c1cn2cnnc2c(NC2CCNC2)n1. The van der Waals surface area contributed by atoms with Crippen molar-refractivity contribution in [3.05, 3.63) is 18.7 Å². The predicted molar refractivity (Wildman–Crippen MR) is 55.7 cm³/mol. The smallest absolute Gasteiger partial charge is 0.203 e. The number of rotatable bonds is 2. The summed E-state index contributed by atoms with van der Waals surface area (Å²) in [6.45, 7) is 2.05. The van der Waals surface area contributed by atoms with Crippen molar-refractivity contribution in [2.45, 2.75) is 12.5 Å². The molecule has 0 aromatic carbocycles. The topological polar surface area (TPSA) is 67.1 Å². The van der Waals surface area contributed by atoms with E-state index in [1.54, 1.807) is 12.5 Å². The summed E-state index contributed by atoms with van der Waals surface area (Å²) in [5.41, 5.74) is 0.782. The number of fused-ring (bicyclic) bond motifs is 1. The molecule has 6 nitrogen and oxygen atoms in total. The maximum Gasteiger partial charge on any atom is 0.203 e. The van der Waals surface area contributed by atoms with E-state index in [0.29, 0.717) is 6.04 Å². The summed E-state index contributed by atoms with van der Waals surface area (Å²) in [7, 11) is 0. The number of nitrogens with zero attached hydrogens (tertiary/aromatic N) is 4. The monoisotopic (exact) mass is 204 g/mol. The fourth-order valence-electron chi connectivity index (χ4n) is 1.83. The molecule has 78 valence electrons. The first kappa shape index (κ1) is 8.60.